The monoisotopic (exact) mass is 228 g/mol. The predicted molar refractivity (Wildman–Crippen MR) is 60.1 cm³/mol. The van der Waals surface area contributed by atoms with Gasteiger partial charge in [-0.15, -0.1) is 0 Å². The Kier molecular flexibility index (Phi) is 4.15. The summed E-state index contributed by atoms with van der Waals surface area (Å²) >= 11 is 0. The van der Waals surface area contributed by atoms with Crippen LogP contribution in [0.4, 0.5) is 4.79 Å². The van der Waals surface area contributed by atoms with Gasteiger partial charge >= 0.3 is 12.0 Å². The molecule has 0 saturated heterocycles. The van der Waals surface area contributed by atoms with Crippen LogP contribution in [-0.2, 0) is 4.79 Å². The standard InChI is InChI=1S/C11H20N2O3/c1-4-13(6-8(3)10(14)15)11(16)12-9-5-7(9)2/h7-9H,4-6H2,1-3H3,(H,12,16)(H,14,15). The van der Waals surface area contributed by atoms with Crippen molar-refractivity contribution in [2.24, 2.45) is 11.8 Å². The van der Waals surface area contributed by atoms with E-state index in [9.17, 15) is 9.59 Å². The maximum atomic E-state index is 11.8. The summed E-state index contributed by atoms with van der Waals surface area (Å²) in [7, 11) is 0. The number of hydrogen-bond acceptors (Lipinski definition) is 2. The molecule has 0 aromatic rings. The molecule has 5 nitrogen and oxygen atoms in total. The summed E-state index contributed by atoms with van der Waals surface area (Å²) in [6.45, 7) is 6.34. The van der Waals surface area contributed by atoms with Crippen molar-refractivity contribution in [3.63, 3.8) is 0 Å². The SMILES string of the molecule is CCN(CC(C)C(=O)O)C(=O)NC1CC1C. The van der Waals surface area contributed by atoms with Crippen molar-refractivity contribution in [2.75, 3.05) is 13.1 Å². The highest BCUT2D eigenvalue weighted by molar-refractivity contribution is 5.76. The molecule has 2 N–H and O–H groups in total. The molecule has 5 heteroatoms. The average molecular weight is 228 g/mol. The third-order valence-electron chi connectivity index (χ3n) is 3.00. The first kappa shape index (κ1) is 12.8. The van der Waals surface area contributed by atoms with Gasteiger partial charge in [-0.05, 0) is 19.3 Å². The molecule has 3 unspecified atom stereocenters. The fourth-order valence-electron chi connectivity index (χ4n) is 1.54. The van der Waals surface area contributed by atoms with Crippen LogP contribution in [0.5, 0.6) is 0 Å². The smallest absolute Gasteiger partial charge is 0.317 e. The fourth-order valence-corrected chi connectivity index (χ4v) is 1.54. The maximum Gasteiger partial charge on any atom is 0.317 e. The molecule has 92 valence electrons. The Balaban J connectivity index is 2.40. The highest BCUT2D eigenvalue weighted by atomic mass is 16.4. The number of nitrogens with one attached hydrogen (secondary N) is 1. The fraction of sp³-hybridized carbons (Fsp3) is 0.818. The lowest BCUT2D eigenvalue weighted by Gasteiger charge is -2.23. The minimum Gasteiger partial charge on any atom is -0.481 e. The first-order valence-corrected chi connectivity index (χ1v) is 5.74. The summed E-state index contributed by atoms with van der Waals surface area (Å²) in [5.41, 5.74) is 0. The van der Waals surface area contributed by atoms with Gasteiger partial charge < -0.3 is 15.3 Å². The van der Waals surface area contributed by atoms with Crippen molar-refractivity contribution in [2.45, 2.75) is 33.2 Å². The highest BCUT2D eigenvalue weighted by Crippen LogP contribution is 2.29. The van der Waals surface area contributed by atoms with E-state index < -0.39 is 11.9 Å². The molecular formula is C11H20N2O3. The minimum absolute atomic E-state index is 0.148. The number of carboxylic acids is 1. The summed E-state index contributed by atoms with van der Waals surface area (Å²) in [5.74, 6) is -0.840. The van der Waals surface area contributed by atoms with E-state index in [0.29, 0.717) is 12.5 Å². The van der Waals surface area contributed by atoms with Gasteiger partial charge in [-0.1, -0.05) is 13.8 Å². The van der Waals surface area contributed by atoms with Crippen LogP contribution in [0.25, 0.3) is 0 Å². The third-order valence-corrected chi connectivity index (χ3v) is 3.00. The van der Waals surface area contributed by atoms with Crippen LogP contribution in [0.1, 0.15) is 27.2 Å². The summed E-state index contributed by atoms with van der Waals surface area (Å²) in [6, 6.07) is 0.131. The zero-order chi connectivity index (χ0) is 12.3. The molecule has 1 rings (SSSR count). The van der Waals surface area contributed by atoms with Gasteiger partial charge in [-0.2, -0.15) is 0 Å². The Morgan fingerprint density at radius 2 is 2.12 bits per heavy atom. The van der Waals surface area contributed by atoms with E-state index in [1.54, 1.807) is 11.8 Å². The number of hydrogen-bond donors (Lipinski definition) is 2. The molecule has 0 heterocycles. The second-order valence-electron chi connectivity index (χ2n) is 4.55. The van der Waals surface area contributed by atoms with Crippen molar-refractivity contribution in [3.8, 4) is 0 Å². The Labute approximate surface area is 95.8 Å². The Morgan fingerprint density at radius 3 is 2.50 bits per heavy atom. The molecule has 1 fully saturated rings. The summed E-state index contributed by atoms with van der Waals surface area (Å²) in [5, 5.41) is 11.7. The second-order valence-corrected chi connectivity index (χ2v) is 4.55. The lowest BCUT2D eigenvalue weighted by molar-refractivity contribution is -0.141. The van der Waals surface area contributed by atoms with Crippen LogP contribution < -0.4 is 5.32 Å². The van der Waals surface area contributed by atoms with E-state index >= 15 is 0 Å². The minimum atomic E-state index is -0.869. The van der Waals surface area contributed by atoms with Crippen LogP contribution in [0.3, 0.4) is 0 Å². The Bertz CT molecular complexity index is 280. The zero-order valence-corrected chi connectivity index (χ0v) is 10.1. The third kappa shape index (κ3) is 3.40. The van der Waals surface area contributed by atoms with Crippen LogP contribution in [0.15, 0.2) is 0 Å². The first-order valence-electron chi connectivity index (χ1n) is 5.74. The molecule has 0 spiro atoms. The number of carbonyl (C=O) groups excluding carboxylic acids is 1. The number of amides is 2. The van der Waals surface area contributed by atoms with Crippen molar-refractivity contribution in [3.05, 3.63) is 0 Å². The van der Waals surface area contributed by atoms with Crippen LogP contribution in [0.2, 0.25) is 0 Å². The Hall–Kier alpha value is -1.26. The number of urea groups is 1. The number of aliphatic carboxylic acids is 1. The normalized spacial score (nSPS) is 24.7. The van der Waals surface area contributed by atoms with Crippen molar-refractivity contribution in [1.82, 2.24) is 10.2 Å². The lowest BCUT2D eigenvalue weighted by atomic mass is 10.2. The van der Waals surface area contributed by atoms with Crippen molar-refractivity contribution >= 4 is 12.0 Å². The van der Waals surface area contributed by atoms with E-state index in [0.717, 1.165) is 6.42 Å². The number of carbonyl (C=O) groups is 2. The Morgan fingerprint density at radius 1 is 1.56 bits per heavy atom. The molecule has 0 aliphatic heterocycles. The second kappa shape index (κ2) is 5.18. The van der Waals surface area contributed by atoms with Gasteiger partial charge in [0.05, 0.1) is 5.92 Å². The van der Waals surface area contributed by atoms with Crippen LogP contribution in [-0.4, -0.2) is 41.1 Å². The number of nitrogens with zero attached hydrogens (tertiary/aromatic N) is 1. The van der Waals surface area contributed by atoms with E-state index in [2.05, 4.69) is 12.2 Å². The van der Waals surface area contributed by atoms with Crippen molar-refractivity contribution in [1.29, 1.82) is 0 Å². The van der Waals surface area contributed by atoms with E-state index in [1.807, 2.05) is 6.92 Å². The van der Waals surface area contributed by atoms with Gasteiger partial charge in [0, 0.05) is 19.1 Å². The molecule has 3 atom stereocenters. The molecule has 1 aliphatic rings. The average Bonchev–Trinajstić information content (AvgIpc) is 2.89. The molecule has 0 aromatic carbocycles. The molecule has 16 heavy (non-hydrogen) atoms. The molecular weight excluding hydrogens is 208 g/mol. The summed E-state index contributed by atoms with van der Waals surface area (Å²) in [4.78, 5) is 24.0. The lowest BCUT2D eigenvalue weighted by Crippen LogP contribution is -2.44. The van der Waals surface area contributed by atoms with Gasteiger partial charge in [0.15, 0.2) is 0 Å². The highest BCUT2D eigenvalue weighted by Gasteiger charge is 2.35. The maximum absolute atomic E-state index is 11.8. The van der Waals surface area contributed by atoms with E-state index in [-0.39, 0.29) is 18.6 Å². The quantitative estimate of drug-likeness (QED) is 0.741. The van der Waals surface area contributed by atoms with Gasteiger partial charge in [-0.3, -0.25) is 4.79 Å². The number of rotatable bonds is 5. The largest absolute Gasteiger partial charge is 0.481 e. The van der Waals surface area contributed by atoms with E-state index in [4.69, 9.17) is 5.11 Å². The van der Waals surface area contributed by atoms with Crippen LogP contribution >= 0.6 is 0 Å². The summed E-state index contributed by atoms with van der Waals surface area (Å²) < 4.78 is 0. The van der Waals surface area contributed by atoms with Gasteiger partial charge in [0.2, 0.25) is 0 Å². The molecule has 0 radical (unpaired) electrons. The molecule has 1 aliphatic carbocycles. The molecule has 0 bridgehead atoms. The predicted octanol–water partition coefficient (Wildman–Crippen LogP) is 1.15. The van der Waals surface area contributed by atoms with Crippen LogP contribution in [0, 0.1) is 11.8 Å². The van der Waals surface area contributed by atoms with Crippen molar-refractivity contribution < 1.29 is 14.7 Å². The molecule has 2 amide bonds. The topological polar surface area (TPSA) is 69.6 Å². The number of carboxylic acid groups (broad SMARTS) is 1. The summed E-state index contributed by atoms with van der Waals surface area (Å²) in [6.07, 6.45) is 1.03. The van der Waals surface area contributed by atoms with E-state index in [1.165, 1.54) is 0 Å². The molecule has 0 aromatic heterocycles. The first-order chi connectivity index (χ1) is 7.45. The van der Waals surface area contributed by atoms with Gasteiger partial charge in [0.1, 0.15) is 0 Å². The van der Waals surface area contributed by atoms with Gasteiger partial charge in [0.25, 0.3) is 0 Å². The zero-order valence-electron chi connectivity index (χ0n) is 10.1. The van der Waals surface area contributed by atoms with Gasteiger partial charge in [-0.25, -0.2) is 4.79 Å². The molecule has 1 saturated carbocycles.